The number of rotatable bonds is 5. The molecular weight excluding hydrogens is 315 g/mol. The van der Waals surface area contributed by atoms with E-state index in [2.05, 4.69) is 10.3 Å². The summed E-state index contributed by atoms with van der Waals surface area (Å²) in [4.78, 5) is 41.5. The predicted molar refractivity (Wildman–Crippen MR) is 84.8 cm³/mol. The molecule has 1 fully saturated rings. The van der Waals surface area contributed by atoms with Gasteiger partial charge in [0.25, 0.3) is 5.56 Å². The molecule has 1 aromatic heterocycles. The van der Waals surface area contributed by atoms with Crippen LogP contribution in [0.2, 0.25) is 0 Å². The van der Waals surface area contributed by atoms with E-state index in [1.807, 2.05) is 0 Å². The van der Waals surface area contributed by atoms with Crippen LogP contribution < -0.4 is 10.9 Å². The van der Waals surface area contributed by atoms with Gasteiger partial charge in [-0.3, -0.25) is 19.0 Å². The Morgan fingerprint density at radius 1 is 1.42 bits per heavy atom. The second-order valence-corrected chi connectivity index (χ2v) is 5.93. The minimum absolute atomic E-state index is 0.0592. The second kappa shape index (κ2) is 6.38. The van der Waals surface area contributed by atoms with Crippen molar-refractivity contribution in [2.24, 2.45) is 0 Å². The first kappa shape index (κ1) is 16.1. The van der Waals surface area contributed by atoms with Crippen molar-refractivity contribution < 1.29 is 14.0 Å². The topological polar surface area (TPSA) is 84.3 Å². The van der Waals surface area contributed by atoms with Gasteiger partial charge in [0.15, 0.2) is 0 Å². The zero-order chi connectivity index (χ0) is 17.3. The minimum Gasteiger partial charge on any atom is -0.352 e. The third-order valence-electron chi connectivity index (χ3n) is 3.84. The van der Waals surface area contributed by atoms with Crippen molar-refractivity contribution in [3.63, 3.8) is 0 Å². The number of nitrogens with zero attached hydrogens (tertiary/aromatic N) is 3. The quantitative estimate of drug-likeness (QED) is 0.852. The highest BCUT2D eigenvalue weighted by molar-refractivity contribution is 5.85. The SMILES string of the molecule is CN(CC(=O)NC1CC1)C(=O)Cn1cnc2cc(F)ccc2c1=O. The standard InChI is InChI=1S/C16H17FN4O3/c1-20(7-14(22)19-11-3-4-11)15(23)8-21-9-18-13-6-10(17)2-5-12(13)16(21)24/h2,5-6,9,11H,3-4,7-8H2,1H3,(H,19,22). The summed E-state index contributed by atoms with van der Waals surface area (Å²) in [6, 6.07) is 3.91. The van der Waals surface area contributed by atoms with Crippen molar-refractivity contribution in [3.8, 4) is 0 Å². The van der Waals surface area contributed by atoms with Gasteiger partial charge < -0.3 is 10.2 Å². The normalized spacial score (nSPS) is 13.8. The first-order valence-corrected chi connectivity index (χ1v) is 7.62. The lowest BCUT2D eigenvalue weighted by Gasteiger charge is -2.17. The van der Waals surface area contributed by atoms with E-state index in [0.29, 0.717) is 0 Å². The molecule has 1 aliphatic rings. The fraction of sp³-hybridized carbons (Fsp3) is 0.375. The molecule has 1 aliphatic carbocycles. The fourth-order valence-electron chi connectivity index (χ4n) is 2.32. The lowest BCUT2D eigenvalue weighted by molar-refractivity contribution is -0.135. The van der Waals surface area contributed by atoms with Gasteiger partial charge >= 0.3 is 0 Å². The second-order valence-electron chi connectivity index (χ2n) is 5.93. The molecular formula is C16H17FN4O3. The van der Waals surface area contributed by atoms with Crippen molar-refractivity contribution in [1.29, 1.82) is 0 Å². The zero-order valence-electron chi connectivity index (χ0n) is 13.2. The molecule has 0 unspecified atom stereocenters. The lowest BCUT2D eigenvalue weighted by atomic mass is 10.2. The molecule has 2 aromatic rings. The van der Waals surface area contributed by atoms with Crippen LogP contribution in [-0.4, -0.2) is 45.9 Å². The number of carbonyl (C=O) groups excluding carboxylic acids is 2. The van der Waals surface area contributed by atoms with Crippen LogP contribution in [0.4, 0.5) is 4.39 Å². The smallest absolute Gasteiger partial charge is 0.261 e. The van der Waals surface area contributed by atoms with Crippen molar-refractivity contribution >= 4 is 22.7 Å². The van der Waals surface area contributed by atoms with Crippen LogP contribution in [0.3, 0.4) is 0 Å². The molecule has 3 rings (SSSR count). The summed E-state index contributed by atoms with van der Waals surface area (Å²) in [5, 5.41) is 3.03. The Hall–Kier alpha value is -2.77. The average molecular weight is 332 g/mol. The van der Waals surface area contributed by atoms with Gasteiger partial charge in [0.05, 0.1) is 23.8 Å². The molecule has 24 heavy (non-hydrogen) atoms. The molecule has 1 heterocycles. The van der Waals surface area contributed by atoms with E-state index in [9.17, 15) is 18.8 Å². The van der Waals surface area contributed by atoms with Crippen LogP contribution in [0.5, 0.6) is 0 Å². The highest BCUT2D eigenvalue weighted by atomic mass is 19.1. The molecule has 0 bridgehead atoms. The maximum atomic E-state index is 13.2. The number of nitrogens with one attached hydrogen (secondary N) is 1. The third kappa shape index (κ3) is 3.58. The lowest BCUT2D eigenvalue weighted by Crippen LogP contribution is -2.41. The molecule has 0 radical (unpaired) electrons. The third-order valence-corrected chi connectivity index (χ3v) is 3.84. The van der Waals surface area contributed by atoms with Crippen LogP contribution in [-0.2, 0) is 16.1 Å². The molecule has 0 aliphatic heterocycles. The molecule has 0 saturated heterocycles. The van der Waals surface area contributed by atoms with E-state index in [1.54, 1.807) is 0 Å². The van der Waals surface area contributed by atoms with E-state index in [1.165, 1.54) is 30.4 Å². The number of halogens is 1. The van der Waals surface area contributed by atoms with E-state index >= 15 is 0 Å². The summed E-state index contributed by atoms with van der Waals surface area (Å²) in [7, 11) is 1.50. The number of amides is 2. The first-order chi connectivity index (χ1) is 11.4. The summed E-state index contributed by atoms with van der Waals surface area (Å²) in [6.45, 7) is -0.289. The molecule has 1 N–H and O–H groups in total. The van der Waals surface area contributed by atoms with Crippen LogP contribution in [0.25, 0.3) is 10.9 Å². The number of benzene rings is 1. The largest absolute Gasteiger partial charge is 0.352 e. The van der Waals surface area contributed by atoms with Gasteiger partial charge in [0.1, 0.15) is 12.4 Å². The van der Waals surface area contributed by atoms with Crippen LogP contribution in [0, 0.1) is 5.82 Å². The number of fused-ring (bicyclic) bond motifs is 1. The Morgan fingerprint density at radius 2 is 2.17 bits per heavy atom. The van der Waals surface area contributed by atoms with E-state index in [-0.39, 0.29) is 41.8 Å². The Labute approximate surface area is 137 Å². The molecule has 7 nitrogen and oxygen atoms in total. The van der Waals surface area contributed by atoms with Gasteiger partial charge in [0, 0.05) is 19.2 Å². The molecule has 126 valence electrons. The Bertz CT molecular complexity index is 860. The summed E-state index contributed by atoms with van der Waals surface area (Å²) in [5.74, 6) is -1.08. The zero-order valence-corrected chi connectivity index (χ0v) is 13.2. The van der Waals surface area contributed by atoms with Gasteiger partial charge in [-0.2, -0.15) is 0 Å². The van der Waals surface area contributed by atoms with Crippen molar-refractivity contribution in [2.75, 3.05) is 13.6 Å². The Morgan fingerprint density at radius 3 is 2.88 bits per heavy atom. The van der Waals surface area contributed by atoms with Gasteiger partial charge in [-0.25, -0.2) is 9.37 Å². The summed E-state index contributed by atoms with van der Waals surface area (Å²) >= 11 is 0. The molecule has 1 aromatic carbocycles. The predicted octanol–water partition coefficient (Wildman–Crippen LogP) is 0.273. The number of carbonyl (C=O) groups is 2. The number of hydrogen-bond donors (Lipinski definition) is 1. The monoisotopic (exact) mass is 332 g/mol. The maximum Gasteiger partial charge on any atom is 0.261 e. The van der Waals surface area contributed by atoms with Gasteiger partial charge in [-0.15, -0.1) is 0 Å². The van der Waals surface area contributed by atoms with E-state index in [0.717, 1.165) is 23.5 Å². The van der Waals surface area contributed by atoms with Crippen molar-refractivity contribution in [2.45, 2.75) is 25.4 Å². The number of hydrogen-bond acceptors (Lipinski definition) is 4. The average Bonchev–Trinajstić information content (AvgIpc) is 3.33. The van der Waals surface area contributed by atoms with Crippen molar-refractivity contribution in [1.82, 2.24) is 19.8 Å². The maximum absolute atomic E-state index is 13.2. The number of likely N-dealkylation sites (N-methyl/N-ethyl adjacent to an activating group) is 1. The van der Waals surface area contributed by atoms with Crippen LogP contribution in [0.1, 0.15) is 12.8 Å². The molecule has 8 heteroatoms. The Kier molecular flexibility index (Phi) is 4.28. The van der Waals surface area contributed by atoms with E-state index < -0.39 is 11.4 Å². The van der Waals surface area contributed by atoms with Gasteiger partial charge in [0.2, 0.25) is 11.8 Å². The molecule has 2 amide bonds. The molecule has 1 saturated carbocycles. The van der Waals surface area contributed by atoms with Gasteiger partial charge in [-0.05, 0) is 25.0 Å². The number of aromatic nitrogens is 2. The fourth-order valence-corrected chi connectivity index (χ4v) is 2.32. The molecule has 0 spiro atoms. The van der Waals surface area contributed by atoms with Crippen LogP contribution >= 0.6 is 0 Å². The van der Waals surface area contributed by atoms with Crippen LogP contribution in [0.15, 0.2) is 29.3 Å². The summed E-state index contributed by atoms with van der Waals surface area (Å²) in [6.07, 6.45) is 3.16. The Balaban J connectivity index is 1.70. The van der Waals surface area contributed by atoms with E-state index in [4.69, 9.17) is 0 Å². The minimum atomic E-state index is -0.482. The van der Waals surface area contributed by atoms with Gasteiger partial charge in [-0.1, -0.05) is 0 Å². The highest BCUT2D eigenvalue weighted by Crippen LogP contribution is 2.18. The van der Waals surface area contributed by atoms with Crippen molar-refractivity contribution in [3.05, 3.63) is 40.7 Å². The first-order valence-electron chi connectivity index (χ1n) is 7.62. The molecule has 0 atom stereocenters. The summed E-state index contributed by atoms with van der Waals surface area (Å²) in [5.41, 5.74) is -0.190. The highest BCUT2D eigenvalue weighted by Gasteiger charge is 2.24. The summed E-state index contributed by atoms with van der Waals surface area (Å²) < 4.78 is 14.3.